The molecule has 0 bridgehead atoms. The van der Waals surface area contributed by atoms with Crippen LogP contribution in [-0.4, -0.2) is 27.7 Å². The molecule has 1 aromatic carbocycles. The molecule has 142 valence electrons. The van der Waals surface area contributed by atoms with Crippen molar-refractivity contribution in [3.8, 4) is 0 Å². The fourth-order valence-corrected chi connectivity index (χ4v) is 5.47. The van der Waals surface area contributed by atoms with Gasteiger partial charge in [-0.05, 0) is 44.5 Å². The second kappa shape index (κ2) is 8.09. The summed E-state index contributed by atoms with van der Waals surface area (Å²) in [6, 6.07) is 6.56. The number of sulfonamides is 1. The Bertz CT molecular complexity index is 1070. The van der Waals surface area contributed by atoms with E-state index in [2.05, 4.69) is 24.0 Å². The molecule has 0 saturated carbocycles. The van der Waals surface area contributed by atoms with E-state index in [1.54, 1.807) is 25.3 Å². The smallest absolute Gasteiger partial charge is 0.253 e. The standard InChI is InChI=1S/C16H16ClN5O2S3/c1-9-7-8-18-15(19-9)25-11(3)14-20-16(26-21-14)22-27(23,24)13-6-4-5-12(17)10(13)2/h4-8,11H,1-3H3,(H,20,21,22)/t11-/m1/s1. The maximum Gasteiger partial charge on any atom is 0.264 e. The molecule has 0 saturated heterocycles. The number of anilines is 1. The predicted octanol–water partition coefficient (Wildman–Crippen LogP) is 4.25. The van der Waals surface area contributed by atoms with Gasteiger partial charge in [0.05, 0.1) is 10.1 Å². The van der Waals surface area contributed by atoms with Gasteiger partial charge in [-0.1, -0.05) is 29.4 Å². The fraction of sp³-hybridized carbons (Fsp3) is 0.250. The highest BCUT2D eigenvalue weighted by Crippen LogP contribution is 2.33. The highest BCUT2D eigenvalue weighted by Gasteiger charge is 2.22. The first-order chi connectivity index (χ1) is 12.8. The maximum atomic E-state index is 12.6. The van der Waals surface area contributed by atoms with E-state index >= 15 is 0 Å². The third kappa shape index (κ3) is 4.75. The Balaban J connectivity index is 1.76. The van der Waals surface area contributed by atoms with Gasteiger partial charge in [0.1, 0.15) is 0 Å². The monoisotopic (exact) mass is 441 g/mol. The lowest BCUT2D eigenvalue weighted by atomic mass is 10.2. The fourth-order valence-electron chi connectivity index (χ4n) is 2.18. The van der Waals surface area contributed by atoms with E-state index in [9.17, 15) is 8.42 Å². The van der Waals surface area contributed by atoms with Gasteiger partial charge in [-0.2, -0.15) is 4.37 Å². The van der Waals surface area contributed by atoms with Gasteiger partial charge in [0.2, 0.25) is 5.13 Å². The van der Waals surface area contributed by atoms with Gasteiger partial charge in [-0.25, -0.2) is 23.4 Å². The van der Waals surface area contributed by atoms with Crippen molar-refractivity contribution in [3.05, 3.63) is 52.6 Å². The van der Waals surface area contributed by atoms with E-state index in [-0.39, 0.29) is 15.3 Å². The first kappa shape index (κ1) is 20.0. The summed E-state index contributed by atoms with van der Waals surface area (Å²) in [5.41, 5.74) is 1.35. The first-order valence-electron chi connectivity index (χ1n) is 7.84. The topological polar surface area (TPSA) is 97.7 Å². The molecular weight excluding hydrogens is 426 g/mol. The molecule has 7 nitrogen and oxygen atoms in total. The summed E-state index contributed by atoms with van der Waals surface area (Å²) >= 11 is 8.42. The van der Waals surface area contributed by atoms with Gasteiger partial charge in [-0.15, -0.1) is 0 Å². The van der Waals surface area contributed by atoms with Crippen LogP contribution in [0, 0.1) is 13.8 Å². The molecule has 1 atom stereocenters. The Kier molecular flexibility index (Phi) is 5.99. The third-order valence-corrected chi connectivity index (χ3v) is 7.23. The summed E-state index contributed by atoms with van der Waals surface area (Å²) in [5.74, 6) is 0.510. The normalized spacial score (nSPS) is 12.7. The van der Waals surface area contributed by atoms with Gasteiger partial charge in [0, 0.05) is 28.4 Å². The number of benzene rings is 1. The molecule has 0 fully saturated rings. The molecule has 2 heterocycles. The summed E-state index contributed by atoms with van der Waals surface area (Å²) in [6.07, 6.45) is 1.69. The number of hydrogen-bond acceptors (Lipinski definition) is 8. The minimum atomic E-state index is -3.80. The summed E-state index contributed by atoms with van der Waals surface area (Å²) in [6.45, 7) is 5.46. The van der Waals surface area contributed by atoms with E-state index in [0.717, 1.165) is 17.2 Å². The van der Waals surface area contributed by atoms with E-state index in [4.69, 9.17) is 11.6 Å². The molecule has 3 rings (SSSR count). The minimum absolute atomic E-state index is 0.113. The zero-order valence-electron chi connectivity index (χ0n) is 14.7. The van der Waals surface area contributed by atoms with Crippen LogP contribution >= 0.6 is 34.9 Å². The average molecular weight is 442 g/mol. The summed E-state index contributed by atoms with van der Waals surface area (Å²) < 4.78 is 32.0. The lowest BCUT2D eigenvalue weighted by molar-refractivity contribution is 0.600. The van der Waals surface area contributed by atoms with E-state index in [1.807, 2.05) is 19.9 Å². The van der Waals surface area contributed by atoms with E-state index in [1.165, 1.54) is 17.8 Å². The summed E-state index contributed by atoms with van der Waals surface area (Å²) in [4.78, 5) is 13.0. The molecule has 27 heavy (non-hydrogen) atoms. The average Bonchev–Trinajstić information content (AvgIpc) is 3.05. The number of aromatic nitrogens is 4. The van der Waals surface area contributed by atoms with Crippen LogP contribution in [-0.2, 0) is 10.0 Å². The van der Waals surface area contributed by atoms with Crippen molar-refractivity contribution in [3.63, 3.8) is 0 Å². The molecule has 2 aromatic heterocycles. The maximum absolute atomic E-state index is 12.6. The lowest BCUT2D eigenvalue weighted by Crippen LogP contribution is -2.14. The number of nitrogens with one attached hydrogen (secondary N) is 1. The van der Waals surface area contributed by atoms with Crippen LogP contribution in [0.5, 0.6) is 0 Å². The Morgan fingerprint density at radius 3 is 2.74 bits per heavy atom. The number of thioether (sulfide) groups is 1. The van der Waals surface area contributed by atoms with E-state index < -0.39 is 10.0 Å². The second-order valence-corrected chi connectivity index (χ2v) is 9.78. The summed E-state index contributed by atoms with van der Waals surface area (Å²) in [5, 5.41) is 1.07. The van der Waals surface area contributed by atoms with Crippen LogP contribution in [0.25, 0.3) is 0 Å². The Morgan fingerprint density at radius 1 is 1.22 bits per heavy atom. The highest BCUT2D eigenvalue weighted by atomic mass is 35.5. The van der Waals surface area contributed by atoms with Crippen LogP contribution in [0.15, 0.2) is 40.5 Å². The van der Waals surface area contributed by atoms with Crippen molar-refractivity contribution in [2.24, 2.45) is 0 Å². The molecule has 0 aliphatic carbocycles. The van der Waals surface area contributed by atoms with Crippen molar-refractivity contribution in [1.29, 1.82) is 0 Å². The second-order valence-electron chi connectivity index (χ2n) is 5.67. The number of halogens is 1. The molecule has 3 aromatic rings. The van der Waals surface area contributed by atoms with E-state index in [0.29, 0.717) is 21.6 Å². The molecule has 0 aliphatic rings. The van der Waals surface area contributed by atoms with Crippen LogP contribution in [0.3, 0.4) is 0 Å². The Morgan fingerprint density at radius 2 is 2.00 bits per heavy atom. The van der Waals surface area contributed by atoms with Gasteiger partial charge < -0.3 is 0 Å². The lowest BCUT2D eigenvalue weighted by Gasteiger charge is -2.09. The number of aryl methyl sites for hydroxylation is 1. The molecule has 1 N–H and O–H groups in total. The molecule has 0 amide bonds. The number of nitrogens with zero attached hydrogens (tertiary/aromatic N) is 4. The SMILES string of the molecule is Cc1ccnc(S[C@H](C)c2nsc(NS(=O)(=O)c3cccc(Cl)c3C)n2)n1. The quantitative estimate of drug-likeness (QED) is 0.451. The van der Waals surface area contributed by atoms with Gasteiger partial charge >= 0.3 is 0 Å². The van der Waals surface area contributed by atoms with Crippen LogP contribution < -0.4 is 4.72 Å². The number of hydrogen-bond donors (Lipinski definition) is 1. The molecule has 0 spiro atoms. The Hall–Kier alpha value is -1.75. The van der Waals surface area contributed by atoms with Crippen LogP contribution in [0.4, 0.5) is 5.13 Å². The van der Waals surface area contributed by atoms with Crippen molar-refractivity contribution < 1.29 is 8.42 Å². The van der Waals surface area contributed by atoms with Crippen LogP contribution in [0.1, 0.15) is 29.3 Å². The highest BCUT2D eigenvalue weighted by molar-refractivity contribution is 7.99. The van der Waals surface area contributed by atoms with Crippen molar-refractivity contribution >= 4 is 50.1 Å². The van der Waals surface area contributed by atoms with Crippen LogP contribution in [0.2, 0.25) is 5.02 Å². The molecule has 0 aliphatic heterocycles. The van der Waals surface area contributed by atoms with Crippen molar-refractivity contribution in [2.45, 2.75) is 36.1 Å². The predicted molar refractivity (Wildman–Crippen MR) is 108 cm³/mol. The first-order valence-corrected chi connectivity index (χ1v) is 11.4. The van der Waals surface area contributed by atoms with Gasteiger partial charge in [-0.3, -0.25) is 4.72 Å². The minimum Gasteiger partial charge on any atom is -0.253 e. The number of rotatable bonds is 6. The zero-order valence-corrected chi connectivity index (χ0v) is 17.9. The molecule has 0 radical (unpaired) electrons. The largest absolute Gasteiger partial charge is 0.264 e. The zero-order chi connectivity index (χ0) is 19.6. The molecule has 0 unspecified atom stereocenters. The Labute approximate surface area is 170 Å². The van der Waals surface area contributed by atoms with Gasteiger partial charge in [0.25, 0.3) is 10.0 Å². The van der Waals surface area contributed by atoms with Crippen molar-refractivity contribution in [1.82, 2.24) is 19.3 Å². The van der Waals surface area contributed by atoms with Gasteiger partial charge in [0.15, 0.2) is 11.0 Å². The summed E-state index contributed by atoms with van der Waals surface area (Å²) in [7, 11) is -3.80. The molecular formula is C16H16ClN5O2S3. The molecule has 11 heteroatoms. The van der Waals surface area contributed by atoms with Crippen molar-refractivity contribution in [2.75, 3.05) is 4.72 Å². The third-order valence-electron chi connectivity index (χ3n) is 3.59.